The number of ether oxygens (including phenoxy) is 1. The van der Waals surface area contributed by atoms with Gasteiger partial charge in [-0.3, -0.25) is 9.59 Å². The van der Waals surface area contributed by atoms with Crippen LogP contribution < -0.4 is 4.74 Å². The molecule has 0 saturated carbocycles. The van der Waals surface area contributed by atoms with E-state index in [1.807, 2.05) is 0 Å². The van der Waals surface area contributed by atoms with Crippen molar-refractivity contribution in [1.29, 1.82) is 0 Å². The molecule has 1 amide bonds. The highest BCUT2D eigenvalue weighted by atomic mass is 32.2. The number of nitrogens with zero attached hydrogens (tertiary/aromatic N) is 3. The summed E-state index contributed by atoms with van der Waals surface area (Å²) in [4.78, 5) is 33.9. The van der Waals surface area contributed by atoms with Gasteiger partial charge in [0.05, 0.1) is 6.54 Å². The molecule has 1 N–H and O–H groups in total. The minimum absolute atomic E-state index is 0.00852. The largest absolute Gasteiger partial charge is 0.486 e. The minimum atomic E-state index is -1.18. The molecule has 0 aliphatic carbocycles. The molecule has 0 saturated heterocycles. The van der Waals surface area contributed by atoms with Gasteiger partial charge in [0.25, 0.3) is 5.91 Å². The number of aromatic nitrogens is 2. The predicted molar refractivity (Wildman–Crippen MR) is 131 cm³/mol. The Kier molecular flexibility index (Phi) is 8.14. The van der Waals surface area contributed by atoms with E-state index in [4.69, 9.17) is 9.15 Å². The zero-order valence-corrected chi connectivity index (χ0v) is 20.4. The first-order valence-corrected chi connectivity index (χ1v) is 12.2. The van der Waals surface area contributed by atoms with Crippen LogP contribution in [0, 0.1) is 11.6 Å². The second-order valence-electron chi connectivity index (χ2n) is 7.77. The molecule has 0 fully saturated rings. The highest BCUT2D eigenvalue weighted by molar-refractivity contribution is 7.98. The Hall–Kier alpha value is -4.25. The van der Waals surface area contributed by atoms with Crippen LogP contribution in [-0.2, 0) is 17.9 Å². The molecule has 0 unspecified atom stereocenters. The smallest absolute Gasteiger partial charge is 0.323 e. The third-order valence-corrected chi connectivity index (χ3v) is 6.00. The summed E-state index contributed by atoms with van der Waals surface area (Å²) in [5.41, 5.74) is 1.27. The molecule has 4 aromatic rings. The number of thioether (sulfide) groups is 1. The van der Waals surface area contributed by atoms with Gasteiger partial charge in [0.15, 0.2) is 17.4 Å². The van der Waals surface area contributed by atoms with Gasteiger partial charge in [-0.1, -0.05) is 12.1 Å². The van der Waals surface area contributed by atoms with Crippen molar-refractivity contribution in [2.75, 3.05) is 12.8 Å². The van der Waals surface area contributed by atoms with E-state index >= 15 is 0 Å². The van der Waals surface area contributed by atoms with E-state index in [2.05, 4.69) is 9.97 Å². The monoisotopic (exact) mass is 525 g/mol. The molecule has 4 rings (SSSR count). The number of carboxylic acid groups (broad SMARTS) is 1. The van der Waals surface area contributed by atoms with E-state index < -0.39 is 30.1 Å². The summed E-state index contributed by atoms with van der Waals surface area (Å²) in [6, 6.07) is 13.8. The summed E-state index contributed by atoms with van der Waals surface area (Å²) in [5, 5.41) is 9.20. The van der Waals surface area contributed by atoms with Gasteiger partial charge in [-0.2, -0.15) is 0 Å². The highest BCUT2D eigenvalue weighted by Gasteiger charge is 2.23. The molecular formula is C26H21F2N3O5S. The van der Waals surface area contributed by atoms with E-state index in [-0.39, 0.29) is 18.9 Å². The molecule has 37 heavy (non-hydrogen) atoms. The summed E-state index contributed by atoms with van der Waals surface area (Å²) in [6.45, 7) is -0.637. The fourth-order valence-electron chi connectivity index (χ4n) is 3.48. The van der Waals surface area contributed by atoms with Crippen LogP contribution in [0.3, 0.4) is 0 Å². The van der Waals surface area contributed by atoms with Crippen molar-refractivity contribution in [1.82, 2.24) is 14.9 Å². The molecule has 0 aliphatic heterocycles. The van der Waals surface area contributed by atoms with E-state index in [0.29, 0.717) is 33.4 Å². The molecule has 0 spiro atoms. The fourth-order valence-corrected chi connectivity index (χ4v) is 4.10. The number of carboxylic acids is 1. The third-order valence-electron chi connectivity index (χ3n) is 5.23. The number of benzene rings is 2. The maximum atomic E-state index is 13.8. The number of rotatable bonds is 10. The quantitative estimate of drug-likeness (QED) is 0.287. The molecule has 0 aliphatic rings. The Balaban J connectivity index is 1.41. The van der Waals surface area contributed by atoms with Gasteiger partial charge in [-0.25, -0.2) is 18.7 Å². The van der Waals surface area contributed by atoms with Crippen molar-refractivity contribution in [2.24, 2.45) is 0 Å². The van der Waals surface area contributed by atoms with Crippen LogP contribution in [0.5, 0.6) is 5.75 Å². The zero-order chi connectivity index (χ0) is 26.4. The SMILES string of the molecule is CSc1cc(F)c(F)cc1-c1ccc(OCc2ccc(C(=O)N(CC(=O)O)Cc3ncccn3)o2)cc1. The van der Waals surface area contributed by atoms with Crippen molar-refractivity contribution in [2.45, 2.75) is 18.0 Å². The van der Waals surface area contributed by atoms with Crippen molar-refractivity contribution in [3.63, 3.8) is 0 Å². The molecule has 0 atom stereocenters. The Morgan fingerprint density at radius 1 is 1.05 bits per heavy atom. The number of amides is 1. The third kappa shape index (κ3) is 6.50. The second kappa shape index (κ2) is 11.7. The number of aliphatic carboxylic acids is 1. The van der Waals surface area contributed by atoms with E-state index in [9.17, 15) is 23.5 Å². The average Bonchev–Trinajstić information content (AvgIpc) is 3.38. The van der Waals surface area contributed by atoms with Crippen LogP contribution in [0.25, 0.3) is 11.1 Å². The molecule has 190 valence electrons. The normalized spacial score (nSPS) is 10.8. The van der Waals surface area contributed by atoms with Crippen LogP contribution in [0.1, 0.15) is 22.1 Å². The summed E-state index contributed by atoms with van der Waals surface area (Å²) in [6.07, 6.45) is 4.78. The number of carbonyl (C=O) groups is 2. The van der Waals surface area contributed by atoms with Crippen molar-refractivity contribution in [3.05, 3.63) is 96.0 Å². The van der Waals surface area contributed by atoms with Crippen LogP contribution in [0.15, 0.2) is 76.3 Å². The maximum Gasteiger partial charge on any atom is 0.323 e. The van der Waals surface area contributed by atoms with Gasteiger partial charge in [-0.15, -0.1) is 11.8 Å². The molecular weight excluding hydrogens is 504 g/mol. The lowest BCUT2D eigenvalue weighted by molar-refractivity contribution is -0.137. The van der Waals surface area contributed by atoms with Gasteiger partial charge >= 0.3 is 5.97 Å². The number of hydrogen-bond acceptors (Lipinski definition) is 7. The molecule has 2 heterocycles. The molecule has 0 radical (unpaired) electrons. The van der Waals surface area contributed by atoms with Crippen LogP contribution in [-0.4, -0.2) is 44.7 Å². The standard InChI is InChI=1S/C26H21F2N3O5S/c1-37-23-12-21(28)20(27)11-19(23)16-3-5-17(6-4-16)35-15-18-7-8-22(36-18)26(34)31(14-25(32)33)13-24-29-9-2-10-30-24/h2-12H,13-15H2,1H3,(H,32,33). The minimum Gasteiger partial charge on any atom is -0.486 e. The fraction of sp³-hybridized carbons (Fsp3) is 0.154. The lowest BCUT2D eigenvalue weighted by Gasteiger charge is -2.18. The Morgan fingerprint density at radius 3 is 2.43 bits per heavy atom. The number of halogens is 2. The topological polar surface area (TPSA) is 106 Å². The maximum absolute atomic E-state index is 13.8. The Morgan fingerprint density at radius 2 is 1.76 bits per heavy atom. The van der Waals surface area contributed by atoms with E-state index in [1.165, 1.54) is 36.3 Å². The van der Waals surface area contributed by atoms with E-state index in [1.54, 1.807) is 42.7 Å². The first-order valence-electron chi connectivity index (χ1n) is 11.0. The number of carbonyl (C=O) groups excluding carboxylic acids is 1. The predicted octanol–water partition coefficient (Wildman–Crippen LogP) is 5.04. The van der Waals surface area contributed by atoms with Gasteiger partial charge in [0, 0.05) is 17.3 Å². The van der Waals surface area contributed by atoms with Crippen LogP contribution in [0.2, 0.25) is 0 Å². The first-order chi connectivity index (χ1) is 17.8. The average molecular weight is 526 g/mol. The lowest BCUT2D eigenvalue weighted by atomic mass is 10.1. The Bertz CT molecular complexity index is 1400. The van der Waals surface area contributed by atoms with Gasteiger partial charge < -0.3 is 19.2 Å². The van der Waals surface area contributed by atoms with Crippen molar-refractivity contribution >= 4 is 23.6 Å². The van der Waals surface area contributed by atoms with Crippen molar-refractivity contribution in [3.8, 4) is 16.9 Å². The summed E-state index contributed by atoms with van der Waals surface area (Å²) in [7, 11) is 0. The molecule has 0 bridgehead atoms. The summed E-state index contributed by atoms with van der Waals surface area (Å²) < 4.78 is 38.6. The number of hydrogen-bond donors (Lipinski definition) is 1. The number of furan rings is 1. The van der Waals surface area contributed by atoms with Crippen LogP contribution in [0.4, 0.5) is 8.78 Å². The highest BCUT2D eigenvalue weighted by Crippen LogP contribution is 2.33. The van der Waals surface area contributed by atoms with Gasteiger partial charge in [0.2, 0.25) is 0 Å². The lowest BCUT2D eigenvalue weighted by Crippen LogP contribution is -2.35. The first kappa shape index (κ1) is 25.8. The zero-order valence-electron chi connectivity index (χ0n) is 19.6. The van der Waals surface area contributed by atoms with Crippen molar-refractivity contribution < 1.29 is 32.6 Å². The molecule has 11 heteroatoms. The molecule has 8 nitrogen and oxygen atoms in total. The second-order valence-corrected chi connectivity index (χ2v) is 8.61. The van der Waals surface area contributed by atoms with Gasteiger partial charge in [0.1, 0.15) is 30.5 Å². The van der Waals surface area contributed by atoms with Gasteiger partial charge in [-0.05, 0) is 59.8 Å². The summed E-state index contributed by atoms with van der Waals surface area (Å²) in [5.74, 6) is -2.53. The molecule has 2 aromatic heterocycles. The van der Waals surface area contributed by atoms with E-state index in [0.717, 1.165) is 11.0 Å². The molecule has 2 aromatic carbocycles. The Labute approximate surface area is 214 Å². The van der Waals surface area contributed by atoms with Crippen LogP contribution >= 0.6 is 11.8 Å². The summed E-state index contributed by atoms with van der Waals surface area (Å²) >= 11 is 1.31.